The van der Waals surface area contributed by atoms with Crippen molar-refractivity contribution in [1.29, 1.82) is 0 Å². The molecule has 1 saturated heterocycles. The Hall–Kier alpha value is -1.31. The lowest BCUT2D eigenvalue weighted by Crippen LogP contribution is -2.47. The van der Waals surface area contributed by atoms with E-state index in [-0.39, 0.29) is 19.4 Å². The van der Waals surface area contributed by atoms with E-state index in [0.717, 1.165) is 24.8 Å². The predicted octanol–water partition coefficient (Wildman–Crippen LogP) is 1.62. The van der Waals surface area contributed by atoms with E-state index in [4.69, 9.17) is 9.47 Å². The largest absolute Gasteiger partial charge is 0.454 e. The number of hydrogen-bond donors (Lipinski definition) is 1. The van der Waals surface area contributed by atoms with Gasteiger partial charge in [-0.05, 0) is 37.5 Å². The Labute approximate surface area is 125 Å². The molecule has 0 saturated carbocycles. The standard InChI is InChI=1S/C14H20N2O4S/c1-11-4-2-3-7-16(11)21(17,18)15-9-12-5-6-13-14(8-12)20-10-19-13/h5-6,8,11,15H,2-4,7,9-10H2,1H3/t11-/m1/s1. The smallest absolute Gasteiger partial charge is 0.279 e. The van der Waals surface area contributed by atoms with Crippen LogP contribution in [-0.4, -0.2) is 32.1 Å². The molecule has 1 aromatic carbocycles. The van der Waals surface area contributed by atoms with Crippen LogP contribution in [0.1, 0.15) is 31.7 Å². The van der Waals surface area contributed by atoms with E-state index in [1.54, 1.807) is 10.4 Å². The Kier molecular flexibility index (Phi) is 4.05. The highest BCUT2D eigenvalue weighted by Crippen LogP contribution is 2.32. The molecule has 21 heavy (non-hydrogen) atoms. The zero-order chi connectivity index (χ0) is 14.9. The maximum absolute atomic E-state index is 12.4. The minimum atomic E-state index is -3.43. The van der Waals surface area contributed by atoms with Crippen molar-refractivity contribution in [3.8, 4) is 11.5 Å². The minimum Gasteiger partial charge on any atom is -0.454 e. The van der Waals surface area contributed by atoms with Crippen LogP contribution >= 0.6 is 0 Å². The van der Waals surface area contributed by atoms with Crippen molar-refractivity contribution in [2.75, 3.05) is 13.3 Å². The first-order chi connectivity index (χ1) is 10.1. The molecule has 1 N–H and O–H groups in total. The Balaban J connectivity index is 1.66. The summed E-state index contributed by atoms with van der Waals surface area (Å²) in [6, 6.07) is 5.52. The number of hydrogen-bond acceptors (Lipinski definition) is 4. The van der Waals surface area contributed by atoms with Gasteiger partial charge in [-0.1, -0.05) is 12.5 Å². The third-order valence-electron chi connectivity index (χ3n) is 3.95. The van der Waals surface area contributed by atoms with Gasteiger partial charge in [-0.25, -0.2) is 0 Å². The number of nitrogens with one attached hydrogen (secondary N) is 1. The molecule has 1 aromatic rings. The predicted molar refractivity (Wildman–Crippen MR) is 78.3 cm³/mol. The minimum absolute atomic E-state index is 0.0630. The second kappa shape index (κ2) is 5.82. The molecule has 0 aliphatic carbocycles. The molecular formula is C14H20N2O4S. The molecule has 0 aromatic heterocycles. The summed E-state index contributed by atoms with van der Waals surface area (Å²) in [4.78, 5) is 0. The van der Waals surface area contributed by atoms with Crippen molar-refractivity contribution in [1.82, 2.24) is 9.03 Å². The van der Waals surface area contributed by atoms with Crippen LogP contribution in [0.5, 0.6) is 11.5 Å². The van der Waals surface area contributed by atoms with E-state index in [1.807, 2.05) is 19.1 Å². The lowest BCUT2D eigenvalue weighted by molar-refractivity contribution is 0.174. The molecule has 0 radical (unpaired) electrons. The van der Waals surface area contributed by atoms with Crippen LogP contribution in [0.3, 0.4) is 0 Å². The molecule has 0 amide bonds. The van der Waals surface area contributed by atoms with Crippen LogP contribution in [0.2, 0.25) is 0 Å². The Morgan fingerprint density at radius 3 is 2.90 bits per heavy atom. The molecule has 1 fully saturated rings. The fourth-order valence-electron chi connectivity index (χ4n) is 2.74. The summed E-state index contributed by atoms with van der Waals surface area (Å²) in [5.74, 6) is 1.37. The van der Waals surface area contributed by atoms with E-state index in [2.05, 4.69) is 4.72 Å². The molecule has 1 atom stereocenters. The maximum Gasteiger partial charge on any atom is 0.279 e. The summed E-state index contributed by atoms with van der Waals surface area (Å²) in [5, 5.41) is 0. The van der Waals surface area contributed by atoms with Gasteiger partial charge in [0.05, 0.1) is 0 Å². The van der Waals surface area contributed by atoms with Gasteiger partial charge in [0.15, 0.2) is 11.5 Å². The third-order valence-corrected chi connectivity index (χ3v) is 5.62. The first-order valence-electron chi connectivity index (χ1n) is 7.21. The fourth-order valence-corrected chi connectivity index (χ4v) is 4.20. The third kappa shape index (κ3) is 3.14. The van der Waals surface area contributed by atoms with Gasteiger partial charge >= 0.3 is 0 Å². The average molecular weight is 312 g/mol. The van der Waals surface area contributed by atoms with Gasteiger partial charge in [0.2, 0.25) is 6.79 Å². The van der Waals surface area contributed by atoms with Crippen LogP contribution in [0.15, 0.2) is 18.2 Å². The van der Waals surface area contributed by atoms with E-state index >= 15 is 0 Å². The summed E-state index contributed by atoms with van der Waals surface area (Å²) in [6.07, 6.45) is 2.94. The van der Waals surface area contributed by atoms with Crippen molar-refractivity contribution in [3.05, 3.63) is 23.8 Å². The highest BCUT2D eigenvalue weighted by molar-refractivity contribution is 7.87. The molecule has 0 bridgehead atoms. The molecule has 0 unspecified atom stereocenters. The molecule has 7 heteroatoms. The maximum atomic E-state index is 12.4. The van der Waals surface area contributed by atoms with Gasteiger partial charge < -0.3 is 9.47 Å². The molecular weight excluding hydrogens is 292 g/mol. The molecule has 2 aliphatic rings. The summed E-state index contributed by atoms with van der Waals surface area (Å²) in [5.41, 5.74) is 0.854. The van der Waals surface area contributed by atoms with Gasteiger partial charge in [0, 0.05) is 19.1 Å². The molecule has 0 spiro atoms. The highest BCUT2D eigenvalue weighted by Gasteiger charge is 2.29. The number of piperidine rings is 1. The molecule has 2 aliphatic heterocycles. The lowest BCUT2D eigenvalue weighted by atomic mass is 10.1. The van der Waals surface area contributed by atoms with Gasteiger partial charge in [-0.3, -0.25) is 0 Å². The highest BCUT2D eigenvalue weighted by atomic mass is 32.2. The topological polar surface area (TPSA) is 67.9 Å². The normalized spacial score (nSPS) is 22.4. The molecule has 116 valence electrons. The van der Waals surface area contributed by atoms with Crippen molar-refractivity contribution in [2.45, 2.75) is 38.8 Å². The average Bonchev–Trinajstić information content (AvgIpc) is 2.93. The van der Waals surface area contributed by atoms with Crippen LogP contribution < -0.4 is 14.2 Å². The first kappa shape index (κ1) is 14.6. The second-order valence-electron chi connectivity index (χ2n) is 5.47. The molecule has 6 nitrogen and oxygen atoms in total. The lowest BCUT2D eigenvalue weighted by Gasteiger charge is -2.32. The molecule has 2 heterocycles. The number of rotatable bonds is 4. The van der Waals surface area contributed by atoms with E-state index in [1.165, 1.54) is 0 Å². The summed E-state index contributed by atoms with van der Waals surface area (Å²) < 4.78 is 39.5. The van der Waals surface area contributed by atoms with Gasteiger partial charge in [0.25, 0.3) is 10.2 Å². The fraction of sp³-hybridized carbons (Fsp3) is 0.571. The first-order valence-corrected chi connectivity index (χ1v) is 8.65. The zero-order valence-electron chi connectivity index (χ0n) is 12.0. The van der Waals surface area contributed by atoms with E-state index in [0.29, 0.717) is 18.0 Å². The number of ether oxygens (including phenoxy) is 2. The Morgan fingerprint density at radius 2 is 2.10 bits per heavy atom. The SMILES string of the molecule is C[C@@H]1CCCCN1S(=O)(=O)NCc1ccc2c(c1)OCO2. The Morgan fingerprint density at radius 1 is 1.29 bits per heavy atom. The van der Waals surface area contributed by atoms with Gasteiger partial charge in [-0.2, -0.15) is 17.4 Å². The van der Waals surface area contributed by atoms with Gasteiger partial charge in [0.1, 0.15) is 0 Å². The van der Waals surface area contributed by atoms with Crippen molar-refractivity contribution in [3.63, 3.8) is 0 Å². The number of nitrogens with zero attached hydrogens (tertiary/aromatic N) is 1. The Bertz CT molecular complexity index is 617. The van der Waals surface area contributed by atoms with Crippen LogP contribution in [0.4, 0.5) is 0 Å². The number of fused-ring (bicyclic) bond motifs is 1. The quantitative estimate of drug-likeness (QED) is 0.917. The van der Waals surface area contributed by atoms with Crippen LogP contribution in [-0.2, 0) is 16.8 Å². The zero-order valence-corrected chi connectivity index (χ0v) is 12.9. The van der Waals surface area contributed by atoms with Crippen molar-refractivity contribution >= 4 is 10.2 Å². The summed E-state index contributed by atoms with van der Waals surface area (Å²) in [6.45, 7) is 3.02. The summed E-state index contributed by atoms with van der Waals surface area (Å²) in [7, 11) is -3.43. The monoisotopic (exact) mass is 312 g/mol. The molecule has 3 rings (SSSR count). The van der Waals surface area contributed by atoms with Crippen molar-refractivity contribution < 1.29 is 17.9 Å². The van der Waals surface area contributed by atoms with E-state index in [9.17, 15) is 8.42 Å². The van der Waals surface area contributed by atoms with Crippen LogP contribution in [0, 0.1) is 0 Å². The van der Waals surface area contributed by atoms with Crippen molar-refractivity contribution in [2.24, 2.45) is 0 Å². The number of benzene rings is 1. The van der Waals surface area contributed by atoms with Gasteiger partial charge in [-0.15, -0.1) is 0 Å². The van der Waals surface area contributed by atoms with E-state index < -0.39 is 10.2 Å². The second-order valence-corrected chi connectivity index (χ2v) is 7.18. The van der Waals surface area contributed by atoms with Crippen LogP contribution in [0.25, 0.3) is 0 Å². The summed E-state index contributed by atoms with van der Waals surface area (Å²) >= 11 is 0.